The summed E-state index contributed by atoms with van der Waals surface area (Å²) in [5.74, 6) is 1.63. The number of aliphatic hydroxyl groups excluding tert-OH is 1. The van der Waals surface area contributed by atoms with Gasteiger partial charge in [-0.25, -0.2) is 4.99 Å². The highest BCUT2D eigenvalue weighted by atomic mass is 16.5. The highest BCUT2D eigenvalue weighted by molar-refractivity contribution is 5.79. The van der Waals surface area contributed by atoms with Gasteiger partial charge < -0.3 is 25.4 Å². The van der Waals surface area contributed by atoms with E-state index >= 15 is 0 Å². The van der Waals surface area contributed by atoms with Gasteiger partial charge in [0.2, 0.25) is 0 Å². The van der Waals surface area contributed by atoms with Gasteiger partial charge in [0.1, 0.15) is 12.4 Å². The van der Waals surface area contributed by atoms with Gasteiger partial charge in [0.05, 0.1) is 13.2 Å². The SMILES string of the molecule is CCNC(=NCc1ccccc1OCCN(CC)CC)NCC(CO)c1ccccc1. The fraction of sp³-hybridized carbons (Fsp3) is 0.480. The van der Waals surface area contributed by atoms with Crippen LogP contribution < -0.4 is 15.4 Å². The normalized spacial score (nSPS) is 12.6. The standard InChI is InChI=1S/C25H38N4O2/c1-4-26-25(28-19-23(20-30)21-12-8-7-9-13-21)27-18-22-14-10-11-15-24(22)31-17-16-29(5-2)6-3/h7-15,23,30H,4-6,16-20H2,1-3H3,(H2,26,27,28). The molecule has 3 N–H and O–H groups in total. The van der Waals surface area contributed by atoms with Crippen LogP contribution in [0.25, 0.3) is 0 Å². The average Bonchev–Trinajstić information content (AvgIpc) is 2.82. The molecule has 0 aromatic heterocycles. The first-order valence-corrected chi connectivity index (χ1v) is 11.3. The van der Waals surface area contributed by atoms with Crippen LogP contribution >= 0.6 is 0 Å². The van der Waals surface area contributed by atoms with E-state index in [1.165, 1.54) is 0 Å². The first-order chi connectivity index (χ1) is 15.2. The van der Waals surface area contributed by atoms with E-state index in [-0.39, 0.29) is 12.5 Å². The topological polar surface area (TPSA) is 69.1 Å². The predicted octanol–water partition coefficient (Wildman–Crippen LogP) is 3.24. The summed E-state index contributed by atoms with van der Waals surface area (Å²) in [4.78, 5) is 7.09. The van der Waals surface area contributed by atoms with E-state index in [1.54, 1.807) is 0 Å². The maximum Gasteiger partial charge on any atom is 0.191 e. The van der Waals surface area contributed by atoms with Crippen molar-refractivity contribution >= 4 is 5.96 Å². The second kappa shape index (κ2) is 14.4. The van der Waals surface area contributed by atoms with Gasteiger partial charge in [0.15, 0.2) is 5.96 Å². The highest BCUT2D eigenvalue weighted by Gasteiger charge is 2.11. The Morgan fingerprint density at radius 3 is 2.39 bits per heavy atom. The molecule has 0 heterocycles. The van der Waals surface area contributed by atoms with Crippen LogP contribution in [-0.4, -0.2) is 61.9 Å². The van der Waals surface area contributed by atoms with Crippen molar-refractivity contribution in [2.75, 3.05) is 45.9 Å². The quantitative estimate of drug-likeness (QED) is 0.339. The highest BCUT2D eigenvalue weighted by Crippen LogP contribution is 2.19. The van der Waals surface area contributed by atoms with Gasteiger partial charge >= 0.3 is 0 Å². The largest absolute Gasteiger partial charge is 0.492 e. The summed E-state index contributed by atoms with van der Waals surface area (Å²) < 4.78 is 6.05. The molecule has 0 radical (unpaired) electrons. The van der Waals surface area contributed by atoms with Crippen molar-refractivity contribution < 1.29 is 9.84 Å². The molecule has 0 saturated heterocycles. The number of nitrogens with zero attached hydrogens (tertiary/aromatic N) is 2. The molecule has 6 heteroatoms. The number of likely N-dealkylation sites (N-methyl/N-ethyl adjacent to an activating group) is 1. The third-order valence-corrected chi connectivity index (χ3v) is 5.29. The van der Waals surface area contributed by atoms with Crippen LogP contribution in [0.5, 0.6) is 5.75 Å². The molecule has 170 valence electrons. The van der Waals surface area contributed by atoms with Crippen LogP contribution in [0.1, 0.15) is 37.8 Å². The molecular weight excluding hydrogens is 388 g/mol. The van der Waals surface area contributed by atoms with Crippen LogP contribution in [0.2, 0.25) is 0 Å². The fourth-order valence-electron chi connectivity index (χ4n) is 3.34. The number of hydrogen-bond acceptors (Lipinski definition) is 4. The minimum atomic E-state index is 0.0146. The second-order valence-corrected chi connectivity index (χ2v) is 7.35. The molecule has 2 aromatic carbocycles. The van der Waals surface area contributed by atoms with Crippen molar-refractivity contribution in [2.24, 2.45) is 4.99 Å². The van der Waals surface area contributed by atoms with Crippen molar-refractivity contribution in [1.29, 1.82) is 0 Å². The Kier molecular flexibility index (Phi) is 11.5. The van der Waals surface area contributed by atoms with Crippen LogP contribution in [-0.2, 0) is 6.54 Å². The summed E-state index contributed by atoms with van der Waals surface area (Å²) in [6.45, 7) is 12.0. The number of para-hydroxylation sites is 1. The van der Waals surface area contributed by atoms with E-state index in [2.05, 4.69) is 35.4 Å². The van der Waals surface area contributed by atoms with Gasteiger partial charge in [0.25, 0.3) is 0 Å². The molecule has 1 unspecified atom stereocenters. The number of hydrogen-bond donors (Lipinski definition) is 3. The van der Waals surface area contributed by atoms with E-state index in [4.69, 9.17) is 9.73 Å². The van der Waals surface area contributed by atoms with Crippen LogP contribution in [0.3, 0.4) is 0 Å². The lowest BCUT2D eigenvalue weighted by atomic mass is 10.0. The third-order valence-electron chi connectivity index (χ3n) is 5.29. The van der Waals surface area contributed by atoms with E-state index in [1.807, 2.05) is 55.5 Å². The Bertz CT molecular complexity index is 763. The molecule has 0 spiro atoms. The summed E-state index contributed by atoms with van der Waals surface area (Å²) in [5.41, 5.74) is 2.17. The van der Waals surface area contributed by atoms with E-state index in [9.17, 15) is 5.11 Å². The fourth-order valence-corrected chi connectivity index (χ4v) is 3.34. The summed E-state index contributed by atoms with van der Waals surface area (Å²) in [6.07, 6.45) is 0. The molecule has 1 atom stereocenters. The molecule has 0 aliphatic carbocycles. The third kappa shape index (κ3) is 8.59. The lowest BCUT2D eigenvalue weighted by Gasteiger charge is -2.19. The van der Waals surface area contributed by atoms with E-state index in [0.29, 0.717) is 19.7 Å². The van der Waals surface area contributed by atoms with Gasteiger partial charge in [-0.3, -0.25) is 0 Å². The summed E-state index contributed by atoms with van der Waals surface area (Å²) >= 11 is 0. The number of aliphatic hydroxyl groups is 1. The van der Waals surface area contributed by atoms with Crippen LogP contribution in [0.4, 0.5) is 0 Å². The van der Waals surface area contributed by atoms with Gasteiger partial charge in [-0.1, -0.05) is 62.4 Å². The molecular formula is C25H38N4O2. The number of rotatable bonds is 13. The molecule has 0 aliphatic rings. The van der Waals surface area contributed by atoms with Crippen molar-refractivity contribution in [3.8, 4) is 5.75 Å². The summed E-state index contributed by atoms with van der Waals surface area (Å²) in [6, 6.07) is 18.1. The molecule has 0 fully saturated rings. The summed E-state index contributed by atoms with van der Waals surface area (Å²) in [7, 11) is 0. The van der Waals surface area contributed by atoms with Gasteiger partial charge in [-0.2, -0.15) is 0 Å². The van der Waals surface area contributed by atoms with E-state index in [0.717, 1.165) is 49.0 Å². The van der Waals surface area contributed by atoms with Gasteiger partial charge in [-0.15, -0.1) is 0 Å². The minimum Gasteiger partial charge on any atom is -0.492 e. The Hall–Kier alpha value is -2.57. The number of benzene rings is 2. The molecule has 0 bridgehead atoms. The van der Waals surface area contributed by atoms with Crippen molar-refractivity contribution in [2.45, 2.75) is 33.2 Å². The van der Waals surface area contributed by atoms with Crippen molar-refractivity contribution in [1.82, 2.24) is 15.5 Å². The lowest BCUT2D eigenvalue weighted by Crippen LogP contribution is -2.39. The molecule has 0 saturated carbocycles. The van der Waals surface area contributed by atoms with Crippen molar-refractivity contribution in [3.05, 3.63) is 65.7 Å². The molecule has 0 aliphatic heterocycles. The zero-order valence-corrected chi connectivity index (χ0v) is 19.2. The first kappa shape index (κ1) is 24.7. The van der Waals surface area contributed by atoms with Crippen LogP contribution in [0.15, 0.2) is 59.6 Å². The molecule has 2 aromatic rings. The number of nitrogens with one attached hydrogen (secondary N) is 2. The maximum absolute atomic E-state index is 9.80. The van der Waals surface area contributed by atoms with Crippen molar-refractivity contribution in [3.63, 3.8) is 0 Å². The first-order valence-electron chi connectivity index (χ1n) is 11.3. The zero-order valence-electron chi connectivity index (χ0n) is 19.2. The average molecular weight is 427 g/mol. The molecule has 2 rings (SSSR count). The Balaban J connectivity index is 1.98. The number of ether oxygens (including phenoxy) is 1. The smallest absolute Gasteiger partial charge is 0.191 e. The number of guanidine groups is 1. The van der Waals surface area contributed by atoms with Gasteiger partial charge in [-0.05, 0) is 31.6 Å². The molecule has 31 heavy (non-hydrogen) atoms. The lowest BCUT2D eigenvalue weighted by molar-refractivity contribution is 0.221. The molecule has 0 amide bonds. The minimum absolute atomic E-state index is 0.0146. The summed E-state index contributed by atoms with van der Waals surface area (Å²) in [5, 5.41) is 16.5. The van der Waals surface area contributed by atoms with E-state index < -0.39 is 0 Å². The molecule has 6 nitrogen and oxygen atoms in total. The number of aliphatic imine (C=N–C) groups is 1. The monoisotopic (exact) mass is 426 g/mol. The Labute approximate surface area is 187 Å². The predicted molar refractivity (Wildman–Crippen MR) is 129 cm³/mol. The maximum atomic E-state index is 9.80. The zero-order chi connectivity index (χ0) is 22.3. The second-order valence-electron chi connectivity index (χ2n) is 7.35. The Morgan fingerprint density at radius 2 is 1.71 bits per heavy atom. The van der Waals surface area contributed by atoms with Gasteiger partial charge in [0, 0.05) is 31.1 Å². The van der Waals surface area contributed by atoms with Crippen LogP contribution in [0, 0.1) is 0 Å². The Morgan fingerprint density at radius 1 is 1.00 bits per heavy atom.